The van der Waals surface area contributed by atoms with E-state index in [-0.39, 0.29) is 43.7 Å². The van der Waals surface area contributed by atoms with Gasteiger partial charge in [-0.3, -0.25) is 0 Å². The molecule has 1 aromatic rings. The summed E-state index contributed by atoms with van der Waals surface area (Å²) in [5.74, 6) is 0. The van der Waals surface area contributed by atoms with E-state index in [0.717, 1.165) is 27.6 Å². The highest BCUT2D eigenvalue weighted by Crippen LogP contribution is 2.08. The van der Waals surface area contributed by atoms with Crippen molar-refractivity contribution in [2.75, 3.05) is 81.8 Å². The van der Waals surface area contributed by atoms with Crippen LogP contribution in [0.2, 0.25) is 0 Å². The first kappa shape index (κ1) is 36.5. The molecule has 0 spiro atoms. The minimum atomic E-state index is -4.27. The first-order valence-electron chi connectivity index (χ1n) is 9.11. The number of halogens is 1. The van der Waals surface area contributed by atoms with E-state index in [1.807, 2.05) is 6.92 Å². The maximum atomic E-state index is 10.4. The molecular formula is C19H41ClN2O7S. The number of quaternary nitrogens is 2. The Balaban J connectivity index is -0.000000158. The van der Waals surface area contributed by atoms with Gasteiger partial charge in [0.1, 0.15) is 23.2 Å². The van der Waals surface area contributed by atoms with E-state index in [2.05, 4.69) is 42.3 Å². The van der Waals surface area contributed by atoms with Crippen LogP contribution in [-0.4, -0.2) is 124 Å². The number of benzene rings is 1. The third kappa shape index (κ3) is 31.9. The fourth-order valence-corrected chi connectivity index (χ4v) is 1.77. The van der Waals surface area contributed by atoms with Gasteiger partial charge in [-0.25, -0.2) is 8.42 Å². The van der Waals surface area contributed by atoms with E-state index in [9.17, 15) is 13.0 Å². The lowest BCUT2D eigenvalue weighted by Gasteiger charge is -2.21. The average molecular weight is 477 g/mol. The zero-order chi connectivity index (χ0) is 23.7. The summed E-state index contributed by atoms with van der Waals surface area (Å²) in [4.78, 5) is -0.178. The second kappa shape index (κ2) is 18.9. The maximum absolute atomic E-state index is 10.4. The highest BCUT2D eigenvalue weighted by molar-refractivity contribution is 7.85. The van der Waals surface area contributed by atoms with Gasteiger partial charge in [0, 0.05) is 0 Å². The third-order valence-electron chi connectivity index (χ3n) is 2.95. The van der Waals surface area contributed by atoms with Gasteiger partial charge in [-0.05, 0) is 19.1 Å². The maximum Gasteiger partial charge on any atom is 0.124 e. The van der Waals surface area contributed by atoms with Crippen LogP contribution in [0, 0.1) is 6.92 Å². The molecule has 4 N–H and O–H groups in total. The van der Waals surface area contributed by atoms with Crippen LogP contribution in [0.1, 0.15) is 5.56 Å². The summed E-state index contributed by atoms with van der Waals surface area (Å²) >= 11 is 0. The van der Waals surface area contributed by atoms with Crippen LogP contribution in [-0.2, 0) is 10.1 Å². The van der Waals surface area contributed by atoms with Gasteiger partial charge < -0.3 is 46.4 Å². The Morgan fingerprint density at radius 3 is 1.17 bits per heavy atom. The van der Waals surface area contributed by atoms with Gasteiger partial charge in [-0.15, -0.1) is 0 Å². The summed E-state index contributed by atoms with van der Waals surface area (Å²) in [6, 6.07) is 5.78. The summed E-state index contributed by atoms with van der Waals surface area (Å²) in [6.07, 6.45) is 0. The minimum Gasteiger partial charge on any atom is -1.00 e. The van der Waals surface area contributed by atoms with Crippen LogP contribution >= 0.6 is 0 Å². The van der Waals surface area contributed by atoms with E-state index in [4.69, 9.17) is 20.4 Å². The molecule has 11 heteroatoms. The number of hydrogen-bond donors (Lipinski definition) is 4. The predicted molar refractivity (Wildman–Crippen MR) is 113 cm³/mol. The highest BCUT2D eigenvalue weighted by Gasteiger charge is 2.03. The molecule has 0 aliphatic heterocycles. The first-order valence-corrected chi connectivity index (χ1v) is 10.5. The molecule has 0 saturated heterocycles. The summed E-state index contributed by atoms with van der Waals surface area (Å²) in [5.41, 5.74) is 0.928. The van der Waals surface area contributed by atoms with E-state index < -0.39 is 10.1 Å². The quantitative estimate of drug-likeness (QED) is 0.244. The van der Waals surface area contributed by atoms with Crippen LogP contribution < -0.4 is 12.4 Å². The molecule has 0 bridgehead atoms. The van der Waals surface area contributed by atoms with Gasteiger partial charge in [-0.2, -0.15) is 0 Å². The number of aryl methyl sites for hydroxylation is 1. The van der Waals surface area contributed by atoms with Crippen LogP contribution in [0.25, 0.3) is 0 Å². The number of aliphatic hydroxyl groups is 4. The Labute approximate surface area is 188 Å². The highest BCUT2D eigenvalue weighted by atomic mass is 35.5. The predicted octanol–water partition coefficient (Wildman–Crippen LogP) is -3.76. The molecule has 0 unspecified atom stereocenters. The molecule has 0 amide bonds. The van der Waals surface area contributed by atoms with Crippen molar-refractivity contribution < 1.29 is 54.8 Å². The molecule has 0 aliphatic carbocycles. The van der Waals surface area contributed by atoms with Gasteiger partial charge in [-0.1, -0.05) is 17.7 Å². The lowest BCUT2D eigenvalue weighted by molar-refractivity contribution is -0.870. The first-order chi connectivity index (χ1) is 13.0. The van der Waals surface area contributed by atoms with Gasteiger partial charge in [0.25, 0.3) is 0 Å². The molecule has 0 saturated carbocycles. The number of aliphatic hydroxyl groups excluding tert-OH is 4. The smallest absolute Gasteiger partial charge is 0.124 e. The SMILES string of the molecule is C[N+](C)(C)CCO.C[N+](C)(C)CCO.Cc1ccc(S(=O)(=O)[O-])cc1.OCCO.[Cl-]. The van der Waals surface area contributed by atoms with Crippen molar-refractivity contribution in [3.63, 3.8) is 0 Å². The molecule has 1 aromatic carbocycles. The topological polar surface area (TPSA) is 138 Å². The van der Waals surface area contributed by atoms with Crippen molar-refractivity contribution in [1.29, 1.82) is 0 Å². The van der Waals surface area contributed by atoms with E-state index in [1.54, 1.807) is 12.1 Å². The molecule has 0 heterocycles. The van der Waals surface area contributed by atoms with Crippen molar-refractivity contribution in [3.8, 4) is 0 Å². The molecule has 0 aliphatic rings. The summed E-state index contributed by atoms with van der Waals surface area (Å²) in [5, 5.41) is 32.0. The largest absolute Gasteiger partial charge is 1.00 e. The molecular weight excluding hydrogens is 436 g/mol. The second-order valence-corrected chi connectivity index (χ2v) is 9.57. The molecule has 0 fully saturated rings. The summed E-state index contributed by atoms with van der Waals surface area (Å²) in [7, 11) is 8.04. The molecule has 0 aromatic heterocycles. The third-order valence-corrected chi connectivity index (χ3v) is 3.80. The van der Waals surface area contributed by atoms with E-state index >= 15 is 0 Å². The number of hydrogen-bond acceptors (Lipinski definition) is 7. The van der Waals surface area contributed by atoms with Crippen LogP contribution in [0.4, 0.5) is 0 Å². The van der Waals surface area contributed by atoms with Gasteiger partial charge in [0.15, 0.2) is 0 Å². The van der Waals surface area contributed by atoms with Crippen molar-refractivity contribution in [2.24, 2.45) is 0 Å². The molecule has 9 nitrogen and oxygen atoms in total. The summed E-state index contributed by atoms with van der Waals surface area (Å²) in [6.45, 7) is 3.80. The molecule has 182 valence electrons. The number of nitrogens with zero attached hydrogens (tertiary/aromatic N) is 2. The fraction of sp³-hybridized carbons (Fsp3) is 0.684. The zero-order valence-electron chi connectivity index (χ0n) is 19.2. The number of rotatable bonds is 6. The fourth-order valence-electron chi connectivity index (χ4n) is 1.30. The Morgan fingerprint density at radius 1 is 0.733 bits per heavy atom. The average Bonchev–Trinajstić information content (AvgIpc) is 2.53. The molecule has 0 radical (unpaired) electrons. The van der Waals surface area contributed by atoms with E-state index in [0.29, 0.717) is 0 Å². The lowest BCUT2D eigenvalue weighted by atomic mass is 10.2. The normalized spacial score (nSPS) is 10.8. The lowest BCUT2D eigenvalue weighted by Crippen LogP contribution is -3.00. The minimum absolute atomic E-state index is 0. The van der Waals surface area contributed by atoms with Crippen LogP contribution in [0.5, 0.6) is 0 Å². The zero-order valence-corrected chi connectivity index (χ0v) is 20.8. The Hall–Kier alpha value is -0.820. The Bertz CT molecular complexity index is 581. The molecule has 0 atom stereocenters. The monoisotopic (exact) mass is 476 g/mol. The van der Waals surface area contributed by atoms with Gasteiger partial charge >= 0.3 is 0 Å². The van der Waals surface area contributed by atoms with E-state index in [1.165, 1.54) is 12.1 Å². The second-order valence-electron chi connectivity index (χ2n) is 8.19. The van der Waals surface area contributed by atoms with Crippen molar-refractivity contribution in [2.45, 2.75) is 11.8 Å². The van der Waals surface area contributed by atoms with Crippen molar-refractivity contribution >= 4 is 10.1 Å². The molecule has 1 rings (SSSR count). The summed E-state index contributed by atoms with van der Waals surface area (Å²) < 4.78 is 32.9. The Kier molecular flexibility index (Phi) is 23.0. The van der Waals surface area contributed by atoms with Gasteiger partial charge in [0.2, 0.25) is 0 Å². The number of likely N-dealkylation sites (N-methyl/N-ethyl adjacent to an activating group) is 2. The Morgan fingerprint density at radius 2 is 1.03 bits per heavy atom. The van der Waals surface area contributed by atoms with Gasteiger partial charge in [0.05, 0.1) is 73.6 Å². The van der Waals surface area contributed by atoms with Crippen molar-refractivity contribution in [1.82, 2.24) is 0 Å². The van der Waals surface area contributed by atoms with Crippen LogP contribution in [0.3, 0.4) is 0 Å². The standard InChI is InChI=1S/C7H8O3S.2C5H14NO.C2H6O2.ClH/c1-6-2-4-7(5-3-6)11(8,9)10;2*1-6(2,3)4-5-7;3-1-2-4;/h2-5H,1H3,(H,8,9,10);2*7H,4-5H2,1-3H3;3-4H,1-2H2;1H/q;2*+1;;/p-2. The van der Waals surface area contributed by atoms with Crippen molar-refractivity contribution in [3.05, 3.63) is 29.8 Å². The molecule has 30 heavy (non-hydrogen) atoms. The van der Waals surface area contributed by atoms with Crippen LogP contribution in [0.15, 0.2) is 29.2 Å².